The second-order valence-electron chi connectivity index (χ2n) is 6.12. The van der Waals surface area contributed by atoms with Crippen LogP contribution in [0.2, 0.25) is 0 Å². The molecule has 0 aliphatic rings. The number of phenols is 1. The Morgan fingerprint density at radius 1 is 1.07 bits per heavy atom. The van der Waals surface area contributed by atoms with Gasteiger partial charge < -0.3 is 5.11 Å². The Labute approximate surface area is 163 Å². The average Bonchev–Trinajstić information content (AvgIpc) is 2.66. The minimum Gasteiger partial charge on any atom is -0.507 e. The largest absolute Gasteiger partial charge is 0.507 e. The van der Waals surface area contributed by atoms with Gasteiger partial charge in [-0.25, -0.2) is 13.8 Å². The lowest BCUT2D eigenvalue weighted by molar-refractivity contribution is -0.119. The number of sulfonamides is 1. The van der Waals surface area contributed by atoms with Crippen molar-refractivity contribution in [2.75, 3.05) is 17.1 Å². The van der Waals surface area contributed by atoms with E-state index in [1.54, 1.807) is 36.4 Å². The standard InChI is InChI=1S/C20H19N3O4S/c1-28(26,27)23(18-11-6-9-15-7-2-4-10-17(15)18)14-20(25)22-21-13-16-8-3-5-12-19(16)24/h2-13,24H,14H2,1H3,(H,22,25). The van der Waals surface area contributed by atoms with Crippen molar-refractivity contribution in [3.63, 3.8) is 0 Å². The van der Waals surface area contributed by atoms with Crippen molar-refractivity contribution in [1.29, 1.82) is 0 Å². The summed E-state index contributed by atoms with van der Waals surface area (Å²) in [6, 6.07) is 19.1. The van der Waals surface area contributed by atoms with E-state index in [9.17, 15) is 18.3 Å². The molecule has 3 aromatic rings. The monoisotopic (exact) mass is 397 g/mol. The number of rotatable bonds is 6. The zero-order valence-corrected chi connectivity index (χ0v) is 15.9. The topological polar surface area (TPSA) is 99.1 Å². The highest BCUT2D eigenvalue weighted by atomic mass is 32.2. The molecule has 1 amide bonds. The van der Waals surface area contributed by atoms with Crippen LogP contribution in [0.25, 0.3) is 10.8 Å². The van der Waals surface area contributed by atoms with Crippen molar-refractivity contribution in [3.8, 4) is 5.75 Å². The number of hydrogen-bond acceptors (Lipinski definition) is 5. The molecule has 0 aromatic heterocycles. The van der Waals surface area contributed by atoms with E-state index in [0.29, 0.717) is 11.3 Å². The molecule has 7 nitrogen and oxygen atoms in total. The summed E-state index contributed by atoms with van der Waals surface area (Å²) in [7, 11) is -3.71. The first-order valence-corrected chi connectivity index (χ1v) is 10.3. The third-order valence-electron chi connectivity index (χ3n) is 4.05. The first-order chi connectivity index (χ1) is 13.4. The molecule has 8 heteroatoms. The molecule has 0 radical (unpaired) electrons. The number of para-hydroxylation sites is 1. The lowest BCUT2D eigenvalue weighted by Gasteiger charge is -2.23. The van der Waals surface area contributed by atoms with Gasteiger partial charge in [-0.3, -0.25) is 9.10 Å². The van der Waals surface area contributed by atoms with Crippen LogP contribution in [0, 0.1) is 0 Å². The molecule has 28 heavy (non-hydrogen) atoms. The predicted octanol–water partition coefficient (Wildman–Crippen LogP) is 2.46. The number of amides is 1. The van der Waals surface area contributed by atoms with E-state index in [2.05, 4.69) is 10.5 Å². The Bertz CT molecular complexity index is 1140. The molecule has 144 valence electrons. The highest BCUT2D eigenvalue weighted by Crippen LogP contribution is 2.28. The highest BCUT2D eigenvalue weighted by Gasteiger charge is 2.22. The molecular formula is C20H19N3O4S. The Kier molecular flexibility index (Phi) is 5.60. The summed E-state index contributed by atoms with van der Waals surface area (Å²) in [5.74, 6) is -0.584. The van der Waals surface area contributed by atoms with Gasteiger partial charge in [0.05, 0.1) is 18.2 Å². The molecule has 0 heterocycles. The van der Waals surface area contributed by atoms with Crippen LogP contribution in [0.5, 0.6) is 5.75 Å². The van der Waals surface area contributed by atoms with Crippen LogP contribution in [0.1, 0.15) is 5.56 Å². The number of carbonyl (C=O) groups excluding carboxylic acids is 1. The zero-order chi connectivity index (χ0) is 20.1. The molecule has 3 aromatic carbocycles. The van der Waals surface area contributed by atoms with Crippen LogP contribution in [-0.4, -0.2) is 38.4 Å². The van der Waals surface area contributed by atoms with Gasteiger partial charge in [-0.1, -0.05) is 48.5 Å². The summed E-state index contributed by atoms with van der Waals surface area (Å²) >= 11 is 0. The van der Waals surface area contributed by atoms with E-state index in [-0.39, 0.29) is 5.75 Å². The second-order valence-corrected chi connectivity index (χ2v) is 8.03. The van der Waals surface area contributed by atoms with E-state index >= 15 is 0 Å². The molecule has 2 N–H and O–H groups in total. The number of phenolic OH excluding ortho intramolecular Hbond substituents is 1. The Morgan fingerprint density at radius 3 is 2.50 bits per heavy atom. The van der Waals surface area contributed by atoms with Gasteiger partial charge in [-0.05, 0) is 23.6 Å². The summed E-state index contributed by atoms with van der Waals surface area (Å²) in [4.78, 5) is 12.3. The van der Waals surface area contributed by atoms with Crippen molar-refractivity contribution in [2.24, 2.45) is 5.10 Å². The van der Waals surface area contributed by atoms with Gasteiger partial charge >= 0.3 is 0 Å². The fourth-order valence-corrected chi connectivity index (χ4v) is 3.61. The van der Waals surface area contributed by atoms with E-state index in [1.165, 1.54) is 12.3 Å². The van der Waals surface area contributed by atoms with Gasteiger partial charge in [-0.15, -0.1) is 0 Å². The summed E-state index contributed by atoms with van der Waals surface area (Å²) in [5, 5.41) is 15.1. The molecule has 0 atom stereocenters. The first kappa shape index (κ1) is 19.4. The van der Waals surface area contributed by atoms with Gasteiger partial charge in [0.25, 0.3) is 5.91 Å². The number of fused-ring (bicyclic) bond motifs is 1. The predicted molar refractivity (Wildman–Crippen MR) is 110 cm³/mol. The number of nitrogens with one attached hydrogen (secondary N) is 1. The van der Waals surface area contributed by atoms with Crippen molar-refractivity contribution >= 4 is 38.6 Å². The minimum atomic E-state index is -3.71. The van der Waals surface area contributed by atoms with E-state index in [1.807, 2.05) is 24.3 Å². The van der Waals surface area contributed by atoms with Crippen molar-refractivity contribution in [1.82, 2.24) is 5.43 Å². The van der Waals surface area contributed by atoms with Gasteiger partial charge in [0.2, 0.25) is 10.0 Å². The zero-order valence-electron chi connectivity index (χ0n) is 15.1. The second kappa shape index (κ2) is 8.10. The fourth-order valence-electron chi connectivity index (χ4n) is 2.74. The third-order valence-corrected chi connectivity index (χ3v) is 5.18. The molecule has 0 saturated carbocycles. The number of aromatic hydroxyl groups is 1. The Hall–Kier alpha value is -3.39. The third kappa shape index (κ3) is 4.47. The first-order valence-electron chi connectivity index (χ1n) is 8.41. The lowest BCUT2D eigenvalue weighted by Crippen LogP contribution is -2.39. The summed E-state index contributed by atoms with van der Waals surface area (Å²) in [5.41, 5.74) is 3.14. The van der Waals surface area contributed by atoms with Crippen molar-refractivity contribution < 1.29 is 18.3 Å². The van der Waals surface area contributed by atoms with Crippen LogP contribution in [0.4, 0.5) is 5.69 Å². The van der Waals surface area contributed by atoms with Crippen LogP contribution < -0.4 is 9.73 Å². The van der Waals surface area contributed by atoms with Gasteiger partial charge in [-0.2, -0.15) is 5.10 Å². The average molecular weight is 397 g/mol. The maximum absolute atomic E-state index is 12.3. The molecule has 0 saturated heterocycles. The van der Waals surface area contributed by atoms with E-state index in [4.69, 9.17) is 0 Å². The molecule has 0 fully saturated rings. The normalized spacial score (nSPS) is 11.6. The molecule has 0 spiro atoms. The van der Waals surface area contributed by atoms with Gasteiger partial charge in [0.1, 0.15) is 12.3 Å². The fraction of sp³-hybridized carbons (Fsp3) is 0.100. The van der Waals surface area contributed by atoms with Gasteiger partial charge in [0.15, 0.2) is 0 Å². The molecular weight excluding hydrogens is 378 g/mol. The van der Waals surface area contributed by atoms with Gasteiger partial charge in [0, 0.05) is 10.9 Å². The van der Waals surface area contributed by atoms with Crippen molar-refractivity contribution in [3.05, 3.63) is 72.3 Å². The summed E-state index contributed by atoms with van der Waals surface area (Å²) < 4.78 is 25.7. The van der Waals surface area contributed by atoms with Crippen LogP contribution in [0.15, 0.2) is 71.8 Å². The maximum atomic E-state index is 12.3. The van der Waals surface area contributed by atoms with E-state index < -0.39 is 22.5 Å². The number of nitrogens with zero attached hydrogens (tertiary/aromatic N) is 2. The smallest absolute Gasteiger partial charge is 0.260 e. The van der Waals surface area contributed by atoms with Crippen LogP contribution in [-0.2, 0) is 14.8 Å². The number of anilines is 1. The Balaban J connectivity index is 1.82. The molecule has 0 unspecified atom stereocenters. The van der Waals surface area contributed by atoms with Crippen LogP contribution in [0.3, 0.4) is 0 Å². The Morgan fingerprint density at radius 2 is 1.75 bits per heavy atom. The highest BCUT2D eigenvalue weighted by molar-refractivity contribution is 7.92. The SMILES string of the molecule is CS(=O)(=O)N(CC(=O)NN=Cc1ccccc1O)c1cccc2ccccc12. The summed E-state index contributed by atoms with van der Waals surface area (Å²) in [6.07, 6.45) is 2.34. The summed E-state index contributed by atoms with van der Waals surface area (Å²) in [6.45, 7) is -0.426. The number of hydrazone groups is 1. The van der Waals surface area contributed by atoms with E-state index in [0.717, 1.165) is 21.3 Å². The van der Waals surface area contributed by atoms with Crippen molar-refractivity contribution in [2.45, 2.75) is 0 Å². The van der Waals surface area contributed by atoms with Crippen LogP contribution >= 0.6 is 0 Å². The number of carbonyl (C=O) groups is 1. The molecule has 0 aliphatic carbocycles. The molecule has 3 rings (SSSR count). The molecule has 0 bridgehead atoms. The quantitative estimate of drug-likeness (QED) is 0.493. The number of hydrogen-bond donors (Lipinski definition) is 2. The lowest BCUT2D eigenvalue weighted by atomic mass is 10.1. The maximum Gasteiger partial charge on any atom is 0.260 e. The minimum absolute atomic E-state index is 0.0222. The molecule has 0 aliphatic heterocycles. The number of benzene rings is 3.